The average Bonchev–Trinajstić information content (AvgIpc) is 2.72. The Morgan fingerprint density at radius 2 is 1.63 bits per heavy atom. The SMILES string of the molecule is CN(CCC(O)c1ccccc1)C(=O)c1ccc(-c2ccccc2)[nH]c1=O. The maximum Gasteiger partial charge on any atom is 0.261 e. The Hall–Kier alpha value is -3.18. The van der Waals surface area contributed by atoms with Crippen LogP contribution in [0.5, 0.6) is 0 Å². The number of aromatic amines is 1. The summed E-state index contributed by atoms with van der Waals surface area (Å²) in [5.74, 6) is -0.365. The number of carbonyl (C=O) groups excluding carboxylic acids is 1. The van der Waals surface area contributed by atoms with Crippen LogP contribution in [0.15, 0.2) is 77.6 Å². The summed E-state index contributed by atoms with van der Waals surface area (Å²) in [6.07, 6.45) is -0.258. The second-order valence-corrected chi connectivity index (χ2v) is 6.42. The summed E-state index contributed by atoms with van der Waals surface area (Å²) in [5.41, 5.74) is 2.03. The van der Waals surface area contributed by atoms with Crippen molar-refractivity contribution < 1.29 is 9.90 Å². The molecule has 0 spiro atoms. The van der Waals surface area contributed by atoms with Crippen LogP contribution in [0, 0.1) is 0 Å². The smallest absolute Gasteiger partial charge is 0.261 e. The van der Waals surface area contributed by atoms with Crippen molar-refractivity contribution in [1.29, 1.82) is 0 Å². The molecular formula is C22H22N2O3. The van der Waals surface area contributed by atoms with Gasteiger partial charge in [0.15, 0.2) is 0 Å². The van der Waals surface area contributed by atoms with Crippen LogP contribution in [0.4, 0.5) is 0 Å². The number of hydrogen-bond acceptors (Lipinski definition) is 3. The second-order valence-electron chi connectivity index (χ2n) is 6.42. The highest BCUT2D eigenvalue weighted by Gasteiger charge is 2.17. The minimum atomic E-state index is -0.653. The van der Waals surface area contributed by atoms with Gasteiger partial charge in [-0.1, -0.05) is 60.7 Å². The van der Waals surface area contributed by atoms with Crippen LogP contribution in [0.25, 0.3) is 11.3 Å². The third-order valence-corrected chi connectivity index (χ3v) is 4.49. The van der Waals surface area contributed by atoms with Gasteiger partial charge in [0.2, 0.25) is 0 Å². The van der Waals surface area contributed by atoms with Crippen LogP contribution >= 0.6 is 0 Å². The predicted octanol–water partition coefficient (Wildman–Crippen LogP) is 3.24. The molecule has 0 aliphatic heterocycles. The second kappa shape index (κ2) is 8.47. The summed E-state index contributed by atoms with van der Waals surface area (Å²) in [6.45, 7) is 0.342. The molecule has 1 aromatic heterocycles. The zero-order chi connectivity index (χ0) is 19.2. The Labute approximate surface area is 157 Å². The Balaban J connectivity index is 1.67. The molecule has 138 valence electrons. The van der Waals surface area contributed by atoms with E-state index in [9.17, 15) is 14.7 Å². The summed E-state index contributed by atoms with van der Waals surface area (Å²) in [4.78, 5) is 29.2. The minimum Gasteiger partial charge on any atom is -0.388 e. The fourth-order valence-electron chi connectivity index (χ4n) is 2.89. The Morgan fingerprint density at radius 3 is 2.26 bits per heavy atom. The van der Waals surface area contributed by atoms with Crippen LogP contribution in [0.3, 0.4) is 0 Å². The number of pyridine rings is 1. The molecule has 0 aliphatic rings. The molecule has 3 rings (SSSR count). The molecule has 27 heavy (non-hydrogen) atoms. The number of aliphatic hydroxyl groups excluding tert-OH is 1. The lowest BCUT2D eigenvalue weighted by molar-refractivity contribution is 0.0759. The number of aromatic nitrogens is 1. The Kier molecular flexibility index (Phi) is 5.84. The summed E-state index contributed by atoms with van der Waals surface area (Å²) >= 11 is 0. The van der Waals surface area contributed by atoms with E-state index in [1.807, 2.05) is 60.7 Å². The molecule has 0 saturated carbocycles. The van der Waals surface area contributed by atoms with Crippen LogP contribution in [0.1, 0.15) is 28.4 Å². The molecule has 0 saturated heterocycles. The average molecular weight is 362 g/mol. The third kappa shape index (κ3) is 4.51. The normalized spacial score (nSPS) is 11.8. The summed E-state index contributed by atoms with van der Waals surface area (Å²) in [7, 11) is 1.63. The molecular weight excluding hydrogens is 340 g/mol. The van der Waals surface area contributed by atoms with Crippen molar-refractivity contribution in [3.05, 3.63) is 94.3 Å². The van der Waals surface area contributed by atoms with Crippen molar-refractivity contribution >= 4 is 5.91 Å². The molecule has 0 aliphatic carbocycles. The maximum absolute atomic E-state index is 12.6. The van der Waals surface area contributed by atoms with Gasteiger partial charge in [-0.2, -0.15) is 0 Å². The number of amides is 1. The lowest BCUT2D eigenvalue weighted by atomic mass is 10.1. The zero-order valence-electron chi connectivity index (χ0n) is 15.1. The van der Waals surface area contributed by atoms with E-state index in [1.54, 1.807) is 19.2 Å². The molecule has 2 N–H and O–H groups in total. The predicted molar refractivity (Wildman–Crippen MR) is 105 cm³/mol. The number of benzene rings is 2. The zero-order valence-corrected chi connectivity index (χ0v) is 15.1. The molecule has 0 bridgehead atoms. The lowest BCUT2D eigenvalue weighted by Gasteiger charge is -2.19. The van der Waals surface area contributed by atoms with Gasteiger partial charge in [0.25, 0.3) is 11.5 Å². The Bertz CT molecular complexity index is 952. The van der Waals surface area contributed by atoms with Crippen molar-refractivity contribution in [2.24, 2.45) is 0 Å². The molecule has 5 heteroatoms. The van der Waals surface area contributed by atoms with Gasteiger partial charge in [-0.15, -0.1) is 0 Å². The van der Waals surface area contributed by atoms with Crippen molar-refractivity contribution in [3.63, 3.8) is 0 Å². The van der Waals surface area contributed by atoms with Crippen LogP contribution < -0.4 is 5.56 Å². The number of H-pyrrole nitrogens is 1. The topological polar surface area (TPSA) is 73.4 Å². The van der Waals surface area contributed by atoms with Gasteiger partial charge in [0, 0.05) is 19.3 Å². The number of carbonyl (C=O) groups is 1. The van der Waals surface area contributed by atoms with Gasteiger partial charge in [-0.3, -0.25) is 9.59 Å². The van der Waals surface area contributed by atoms with Crippen molar-refractivity contribution in [2.45, 2.75) is 12.5 Å². The molecule has 2 aromatic carbocycles. The van der Waals surface area contributed by atoms with E-state index in [0.29, 0.717) is 18.7 Å². The van der Waals surface area contributed by atoms with Gasteiger partial charge >= 0.3 is 0 Å². The minimum absolute atomic E-state index is 0.0892. The van der Waals surface area contributed by atoms with Crippen LogP contribution in [-0.4, -0.2) is 34.5 Å². The van der Waals surface area contributed by atoms with Crippen LogP contribution in [-0.2, 0) is 0 Å². The molecule has 1 amide bonds. The van der Waals surface area contributed by atoms with Crippen molar-refractivity contribution in [3.8, 4) is 11.3 Å². The van der Waals surface area contributed by atoms with E-state index in [1.165, 1.54) is 4.90 Å². The monoisotopic (exact) mass is 362 g/mol. The fourth-order valence-corrected chi connectivity index (χ4v) is 2.89. The van der Waals surface area contributed by atoms with Crippen molar-refractivity contribution in [2.75, 3.05) is 13.6 Å². The van der Waals surface area contributed by atoms with Gasteiger partial charge in [-0.25, -0.2) is 0 Å². The molecule has 3 aromatic rings. The van der Waals surface area contributed by atoms with E-state index in [0.717, 1.165) is 11.1 Å². The van der Waals surface area contributed by atoms with Crippen molar-refractivity contribution in [1.82, 2.24) is 9.88 Å². The fraction of sp³-hybridized carbons (Fsp3) is 0.182. The molecule has 0 radical (unpaired) electrons. The van der Waals surface area contributed by atoms with E-state index < -0.39 is 11.7 Å². The first-order chi connectivity index (χ1) is 13.1. The standard InChI is InChI=1S/C22H22N2O3/c1-24(15-14-20(25)17-10-6-3-7-11-17)22(27)18-12-13-19(23-21(18)26)16-8-4-2-5-9-16/h2-13,20,25H,14-15H2,1H3,(H,23,26). The lowest BCUT2D eigenvalue weighted by Crippen LogP contribution is -2.33. The van der Waals surface area contributed by atoms with Gasteiger partial charge in [0.05, 0.1) is 6.10 Å². The number of nitrogens with one attached hydrogen (secondary N) is 1. The largest absolute Gasteiger partial charge is 0.388 e. The van der Waals surface area contributed by atoms with Crippen LogP contribution in [0.2, 0.25) is 0 Å². The quantitative estimate of drug-likeness (QED) is 0.707. The number of nitrogens with zero attached hydrogens (tertiary/aromatic N) is 1. The van der Waals surface area contributed by atoms with E-state index in [-0.39, 0.29) is 11.5 Å². The number of aliphatic hydroxyl groups is 1. The van der Waals surface area contributed by atoms with E-state index in [2.05, 4.69) is 4.98 Å². The maximum atomic E-state index is 12.6. The number of hydrogen-bond donors (Lipinski definition) is 2. The highest BCUT2D eigenvalue weighted by Crippen LogP contribution is 2.17. The first-order valence-corrected chi connectivity index (χ1v) is 8.83. The highest BCUT2D eigenvalue weighted by atomic mass is 16.3. The molecule has 1 atom stereocenters. The molecule has 5 nitrogen and oxygen atoms in total. The first-order valence-electron chi connectivity index (χ1n) is 8.83. The molecule has 0 fully saturated rings. The van der Waals surface area contributed by atoms with Gasteiger partial charge in [-0.05, 0) is 29.7 Å². The van der Waals surface area contributed by atoms with Gasteiger partial charge < -0.3 is 15.0 Å². The van der Waals surface area contributed by atoms with E-state index in [4.69, 9.17) is 0 Å². The highest BCUT2D eigenvalue weighted by molar-refractivity contribution is 5.93. The number of rotatable bonds is 6. The molecule has 1 unspecified atom stereocenters. The summed E-state index contributed by atoms with van der Waals surface area (Å²) < 4.78 is 0. The molecule has 1 heterocycles. The summed E-state index contributed by atoms with van der Waals surface area (Å²) in [5, 5.41) is 10.2. The Morgan fingerprint density at radius 1 is 1.00 bits per heavy atom. The summed E-state index contributed by atoms with van der Waals surface area (Å²) in [6, 6.07) is 22.0. The van der Waals surface area contributed by atoms with E-state index >= 15 is 0 Å². The first kappa shape index (κ1) is 18.6. The third-order valence-electron chi connectivity index (χ3n) is 4.49. The van der Waals surface area contributed by atoms with Gasteiger partial charge in [0.1, 0.15) is 5.56 Å².